The van der Waals surface area contributed by atoms with E-state index >= 15 is 0 Å². The SMILES string of the molecule is CCCCCCCCCCCCCCCCOC[C@H](CO)OCCCCC(=O)OC. The number of ether oxygens (including phenoxy) is 3. The standard InChI is InChI=1S/C25H50O5/c1-3-4-5-6-7-8-9-10-11-12-13-14-15-17-20-29-23-24(22-26)30-21-18-16-19-25(27)28-2/h24,26H,3-23H2,1-2H3/t24-/m0/s1. The van der Waals surface area contributed by atoms with Crippen LogP contribution >= 0.6 is 0 Å². The highest BCUT2D eigenvalue weighted by Gasteiger charge is 2.08. The summed E-state index contributed by atoms with van der Waals surface area (Å²) in [6, 6.07) is 0. The minimum Gasteiger partial charge on any atom is -0.469 e. The Labute approximate surface area is 186 Å². The number of methoxy groups -OCH3 is 1. The Hall–Kier alpha value is -0.650. The van der Waals surface area contributed by atoms with Crippen LogP contribution < -0.4 is 0 Å². The lowest BCUT2D eigenvalue weighted by atomic mass is 10.0. The minimum atomic E-state index is -0.269. The van der Waals surface area contributed by atoms with Gasteiger partial charge in [-0.15, -0.1) is 0 Å². The summed E-state index contributed by atoms with van der Waals surface area (Å²) in [4.78, 5) is 11.0. The predicted molar refractivity (Wildman–Crippen MR) is 124 cm³/mol. The van der Waals surface area contributed by atoms with Crippen molar-refractivity contribution in [3.63, 3.8) is 0 Å². The van der Waals surface area contributed by atoms with Gasteiger partial charge in [-0.1, -0.05) is 90.4 Å². The molecule has 0 aliphatic heterocycles. The summed E-state index contributed by atoms with van der Waals surface area (Å²) in [5.41, 5.74) is 0. The molecule has 0 amide bonds. The zero-order chi connectivity index (χ0) is 22.1. The van der Waals surface area contributed by atoms with Gasteiger partial charge in [0.2, 0.25) is 0 Å². The first-order chi connectivity index (χ1) is 14.7. The molecule has 0 saturated carbocycles. The normalized spacial score (nSPS) is 12.2. The molecule has 0 aliphatic carbocycles. The molecule has 0 radical (unpaired) electrons. The van der Waals surface area contributed by atoms with E-state index < -0.39 is 0 Å². The Morgan fingerprint density at radius 1 is 0.733 bits per heavy atom. The average molecular weight is 431 g/mol. The summed E-state index contributed by atoms with van der Waals surface area (Å²) in [5, 5.41) is 9.36. The van der Waals surface area contributed by atoms with E-state index in [4.69, 9.17) is 9.47 Å². The second kappa shape index (κ2) is 24.6. The highest BCUT2D eigenvalue weighted by atomic mass is 16.5. The number of aliphatic hydroxyl groups is 1. The summed E-state index contributed by atoms with van der Waals surface area (Å²) >= 11 is 0. The molecule has 0 aromatic rings. The molecule has 0 aliphatic rings. The van der Waals surface area contributed by atoms with Gasteiger partial charge in [0.05, 0.1) is 20.3 Å². The van der Waals surface area contributed by atoms with E-state index in [0.717, 1.165) is 25.9 Å². The Bertz CT molecular complexity index is 348. The molecule has 30 heavy (non-hydrogen) atoms. The second-order valence-corrected chi connectivity index (χ2v) is 8.38. The van der Waals surface area contributed by atoms with Crippen molar-refractivity contribution in [2.75, 3.05) is 33.5 Å². The number of unbranched alkanes of at least 4 members (excludes halogenated alkanes) is 14. The molecule has 0 aromatic heterocycles. The van der Waals surface area contributed by atoms with E-state index in [0.29, 0.717) is 19.6 Å². The van der Waals surface area contributed by atoms with Gasteiger partial charge in [0, 0.05) is 19.6 Å². The van der Waals surface area contributed by atoms with Gasteiger partial charge in [0.25, 0.3) is 0 Å². The van der Waals surface area contributed by atoms with Crippen LogP contribution in [0.1, 0.15) is 116 Å². The maximum atomic E-state index is 11.0. The minimum absolute atomic E-state index is 0.0320. The molecule has 180 valence electrons. The van der Waals surface area contributed by atoms with Crippen LogP contribution in [0.2, 0.25) is 0 Å². The number of carbonyl (C=O) groups is 1. The van der Waals surface area contributed by atoms with Crippen LogP contribution in [-0.2, 0) is 19.0 Å². The summed E-state index contributed by atoms with van der Waals surface area (Å²) < 4.78 is 15.9. The third kappa shape index (κ3) is 22.0. The average Bonchev–Trinajstić information content (AvgIpc) is 2.76. The first-order valence-electron chi connectivity index (χ1n) is 12.6. The molecule has 0 aromatic carbocycles. The van der Waals surface area contributed by atoms with Gasteiger partial charge < -0.3 is 19.3 Å². The number of aliphatic hydroxyl groups excluding tert-OH is 1. The zero-order valence-electron chi connectivity index (χ0n) is 20.0. The first kappa shape index (κ1) is 29.4. The van der Waals surface area contributed by atoms with Gasteiger partial charge in [-0.3, -0.25) is 4.79 Å². The number of rotatable bonds is 24. The van der Waals surface area contributed by atoms with E-state index in [1.807, 2.05) is 0 Å². The third-order valence-corrected chi connectivity index (χ3v) is 5.51. The highest BCUT2D eigenvalue weighted by molar-refractivity contribution is 5.68. The first-order valence-corrected chi connectivity index (χ1v) is 12.6. The van der Waals surface area contributed by atoms with Crippen LogP contribution in [0.5, 0.6) is 0 Å². The molecule has 1 atom stereocenters. The molecule has 0 saturated heterocycles. The Balaban J connectivity index is 3.27. The van der Waals surface area contributed by atoms with Crippen molar-refractivity contribution < 1.29 is 24.1 Å². The molecular formula is C25H50O5. The molecule has 1 N–H and O–H groups in total. The molecule has 5 nitrogen and oxygen atoms in total. The van der Waals surface area contributed by atoms with Gasteiger partial charge in [0.15, 0.2) is 0 Å². The van der Waals surface area contributed by atoms with Crippen LogP contribution in [0.3, 0.4) is 0 Å². The van der Waals surface area contributed by atoms with Crippen molar-refractivity contribution >= 4 is 5.97 Å². The molecule has 0 heterocycles. The lowest BCUT2D eigenvalue weighted by molar-refractivity contribution is -0.140. The molecule has 5 heteroatoms. The van der Waals surface area contributed by atoms with E-state index in [1.54, 1.807) is 0 Å². The Kier molecular flexibility index (Phi) is 24.1. The van der Waals surface area contributed by atoms with Gasteiger partial charge in [-0.2, -0.15) is 0 Å². The highest BCUT2D eigenvalue weighted by Crippen LogP contribution is 2.13. The lowest BCUT2D eigenvalue weighted by Gasteiger charge is -2.15. The summed E-state index contributed by atoms with van der Waals surface area (Å²) in [5.74, 6) is -0.190. The van der Waals surface area contributed by atoms with Crippen LogP contribution in [0.15, 0.2) is 0 Å². The predicted octanol–water partition coefficient (Wildman–Crippen LogP) is 6.21. The van der Waals surface area contributed by atoms with Crippen molar-refractivity contribution in [1.29, 1.82) is 0 Å². The van der Waals surface area contributed by atoms with Crippen molar-refractivity contribution in [2.45, 2.75) is 122 Å². The van der Waals surface area contributed by atoms with E-state index in [-0.39, 0.29) is 18.7 Å². The molecular weight excluding hydrogens is 380 g/mol. The maximum absolute atomic E-state index is 11.0. The van der Waals surface area contributed by atoms with E-state index in [1.165, 1.54) is 90.6 Å². The van der Waals surface area contributed by atoms with Crippen molar-refractivity contribution in [3.8, 4) is 0 Å². The van der Waals surface area contributed by atoms with Gasteiger partial charge >= 0.3 is 5.97 Å². The molecule has 0 bridgehead atoms. The Morgan fingerprint density at radius 2 is 1.23 bits per heavy atom. The molecule has 0 fully saturated rings. The van der Waals surface area contributed by atoms with Crippen molar-refractivity contribution in [2.24, 2.45) is 0 Å². The van der Waals surface area contributed by atoms with Crippen LogP contribution in [0.4, 0.5) is 0 Å². The van der Waals surface area contributed by atoms with Crippen LogP contribution in [0.25, 0.3) is 0 Å². The molecule has 0 spiro atoms. The third-order valence-electron chi connectivity index (χ3n) is 5.51. The quantitative estimate of drug-likeness (QED) is 0.146. The topological polar surface area (TPSA) is 65.0 Å². The second-order valence-electron chi connectivity index (χ2n) is 8.38. The zero-order valence-corrected chi connectivity index (χ0v) is 20.0. The van der Waals surface area contributed by atoms with Gasteiger partial charge in [0.1, 0.15) is 6.10 Å². The fourth-order valence-electron chi connectivity index (χ4n) is 3.49. The Morgan fingerprint density at radius 3 is 1.73 bits per heavy atom. The van der Waals surface area contributed by atoms with Crippen molar-refractivity contribution in [3.05, 3.63) is 0 Å². The van der Waals surface area contributed by atoms with Crippen LogP contribution in [-0.4, -0.2) is 50.7 Å². The molecule has 0 unspecified atom stereocenters. The number of esters is 1. The number of hydrogen-bond acceptors (Lipinski definition) is 5. The van der Waals surface area contributed by atoms with E-state index in [2.05, 4.69) is 11.7 Å². The van der Waals surface area contributed by atoms with Gasteiger partial charge in [-0.05, 0) is 19.3 Å². The fraction of sp³-hybridized carbons (Fsp3) is 0.960. The summed E-state index contributed by atoms with van der Waals surface area (Å²) in [6.07, 6.45) is 20.6. The smallest absolute Gasteiger partial charge is 0.305 e. The van der Waals surface area contributed by atoms with E-state index in [9.17, 15) is 9.90 Å². The van der Waals surface area contributed by atoms with Gasteiger partial charge in [-0.25, -0.2) is 0 Å². The lowest BCUT2D eigenvalue weighted by Crippen LogP contribution is -2.24. The summed E-state index contributed by atoms with van der Waals surface area (Å²) in [6.45, 7) is 3.95. The monoisotopic (exact) mass is 430 g/mol. The fourth-order valence-corrected chi connectivity index (χ4v) is 3.49. The summed E-state index contributed by atoms with van der Waals surface area (Å²) in [7, 11) is 1.40. The van der Waals surface area contributed by atoms with Crippen LogP contribution in [0, 0.1) is 0 Å². The number of hydrogen-bond donors (Lipinski definition) is 1. The number of carbonyl (C=O) groups excluding carboxylic acids is 1. The van der Waals surface area contributed by atoms with Crippen molar-refractivity contribution in [1.82, 2.24) is 0 Å². The molecule has 0 rings (SSSR count). The maximum Gasteiger partial charge on any atom is 0.305 e. The largest absolute Gasteiger partial charge is 0.469 e.